The molecule has 9 nitrogen and oxygen atoms in total. The van der Waals surface area contributed by atoms with Gasteiger partial charge in [0.1, 0.15) is 12.2 Å². The summed E-state index contributed by atoms with van der Waals surface area (Å²) >= 11 is 0. The van der Waals surface area contributed by atoms with Crippen molar-refractivity contribution in [1.29, 1.82) is 0 Å². The molecule has 33 heavy (non-hydrogen) atoms. The summed E-state index contributed by atoms with van der Waals surface area (Å²) in [6.45, 7) is 11.8. The van der Waals surface area contributed by atoms with Crippen LogP contribution in [0.4, 0.5) is 0 Å². The maximum Gasteiger partial charge on any atom is 0.342 e. The first-order valence-electron chi connectivity index (χ1n) is 11.3. The number of hydrogen-bond acceptors (Lipinski definition) is 9. The molecule has 4 rings (SSSR count). The van der Waals surface area contributed by atoms with E-state index in [1.807, 2.05) is 6.92 Å². The third-order valence-corrected chi connectivity index (χ3v) is 8.05. The Balaban J connectivity index is 1.92. The molecule has 0 aromatic rings. The second-order valence-electron chi connectivity index (χ2n) is 10.1. The molecule has 0 bridgehead atoms. The molecule has 2 aliphatic heterocycles. The summed E-state index contributed by atoms with van der Waals surface area (Å²) < 4.78 is 22.9. The number of carbonyl (C=O) groups is 3. The number of rotatable bonds is 2. The molecule has 0 amide bonds. The Kier molecular flexibility index (Phi) is 5.54. The number of fused-ring (bicyclic) bond motifs is 1. The van der Waals surface area contributed by atoms with Crippen LogP contribution in [0, 0.1) is 11.3 Å². The van der Waals surface area contributed by atoms with E-state index in [1.54, 1.807) is 19.9 Å². The third kappa shape index (κ3) is 3.27. The SMILES string of the molecule is C=C1[C@@H]2[C@H](O)[C@]34O[C@@]3(C)C(=O)O[C@H]4/C=C(/C)CC[C@H](OC(C)=O)[C@@]2(C)[C@@H](OC(C)=O)C[C@@H]1O. The van der Waals surface area contributed by atoms with Crippen LogP contribution >= 0.6 is 0 Å². The molecule has 3 fully saturated rings. The average Bonchev–Trinajstić information content (AvgIpc) is 3.30. The van der Waals surface area contributed by atoms with Crippen molar-refractivity contribution in [2.75, 3.05) is 0 Å². The Labute approximate surface area is 192 Å². The van der Waals surface area contributed by atoms with Crippen LogP contribution in [-0.4, -0.2) is 69.8 Å². The van der Waals surface area contributed by atoms with Crippen molar-refractivity contribution in [3.05, 3.63) is 23.8 Å². The molecular weight excluding hydrogens is 432 g/mol. The Morgan fingerprint density at radius 2 is 1.76 bits per heavy atom. The summed E-state index contributed by atoms with van der Waals surface area (Å²) in [7, 11) is 0. The molecule has 2 heterocycles. The lowest BCUT2D eigenvalue weighted by Crippen LogP contribution is -2.63. The highest BCUT2D eigenvalue weighted by Gasteiger charge is 2.86. The van der Waals surface area contributed by atoms with Gasteiger partial charge >= 0.3 is 17.9 Å². The van der Waals surface area contributed by atoms with Gasteiger partial charge in [0.05, 0.1) is 17.6 Å². The van der Waals surface area contributed by atoms with Crippen molar-refractivity contribution in [2.24, 2.45) is 11.3 Å². The molecule has 9 atom stereocenters. The first kappa shape index (κ1) is 23.9. The van der Waals surface area contributed by atoms with Crippen molar-refractivity contribution in [3.63, 3.8) is 0 Å². The Morgan fingerprint density at radius 3 is 2.33 bits per heavy atom. The number of aliphatic hydroxyl groups is 2. The molecule has 0 aromatic heterocycles. The van der Waals surface area contributed by atoms with Gasteiger partial charge in [-0.25, -0.2) is 4.79 Å². The predicted molar refractivity (Wildman–Crippen MR) is 114 cm³/mol. The fraction of sp³-hybridized carbons (Fsp3) is 0.708. The minimum atomic E-state index is -1.41. The summed E-state index contributed by atoms with van der Waals surface area (Å²) in [5.74, 6) is -2.59. The van der Waals surface area contributed by atoms with Gasteiger partial charge in [0.25, 0.3) is 0 Å². The van der Waals surface area contributed by atoms with Gasteiger partial charge in [-0.15, -0.1) is 0 Å². The monoisotopic (exact) mass is 464 g/mol. The first-order chi connectivity index (χ1) is 15.3. The van der Waals surface area contributed by atoms with E-state index in [-0.39, 0.29) is 6.42 Å². The first-order valence-corrected chi connectivity index (χ1v) is 11.3. The zero-order chi connectivity index (χ0) is 24.5. The molecule has 2 aliphatic carbocycles. The lowest BCUT2D eigenvalue weighted by molar-refractivity contribution is -0.200. The van der Waals surface area contributed by atoms with Gasteiger partial charge in [-0.05, 0) is 38.3 Å². The van der Waals surface area contributed by atoms with E-state index in [2.05, 4.69) is 6.58 Å². The average molecular weight is 465 g/mol. The smallest absolute Gasteiger partial charge is 0.342 e. The molecule has 2 N–H and O–H groups in total. The van der Waals surface area contributed by atoms with Crippen LogP contribution < -0.4 is 0 Å². The quantitative estimate of drug-likeness (QED) is 0.269. The van der Waals surface area contributed by atoms with Crippen molar-refractivity contribution < 1.29 is 43.5 Å². The van der Waals surface area contributed by atoms with Gasteiger partial charge in [-0.3, -0.25) is 9.59 Å². The lowest BCUT2D eigenvalue weighted by Gasteiger charge is -2.54. The fourth-order valence-electron chi connectivity index (χ4n) is 6.21. The number of allylic oxidation sites excluding steroid dienone is 1. The Hall–Kier alpha value is -2.23. The maximum absolute atomic E-state index is 12.7. The van der Waals surface area contributed by atoms with E-state index >= 15 is 0 Å². The van der Waals surface area contributed by atoms with Crippen molar-refractivity contribution in [3.8, 4) is 0 Å². The molecule has 0 radical (unpaired) electrons. The van der Waals surface area contributed by atoms with Gasteiger partial charge < -0.3 is 29.2 Å². The van der Waals surface area contributed by atoms with Crippen LogP contribution in [0.5, 0.6) is 0 Å². The van der Waals surface area contributed by atoms with Crippen LogP contribution in [0.15, 0.2) is 23.8 Å². The second kappa shape index (κ2) is 7.65. The summed E-state index contributed by atoms with van der Waals surface area (Å²) in [6.07, 6.45) is -2.29. The van der Waals surface area contributed by atoms with Gasteiger partial charge in [0, 0.05) is 26.2 Å². The largest absolute Gasteiger partial charge is 0.462 e. The molecule has 0 aromatic carbocycles. The minimum absolute atomic E-state index is 0.0364. The van der Waals surface area contributed by atoms with E-state index in [9.17, 15) is 24.6 Å². The van der Waals surface area contributed by atoms with Crippen LogP contribution in [0.1, 0.15) is 53.9 Å². The number of carbonyl (C=O) groups excluding carboxylic acids is 3. The number of aliphatic hydroxyl groups excluding tert-OH is 2. The van der Waals surface area contributed by atoms with Gasteiger partial charge in [-0.1, -0.05) is 19.1 Å². The molecule has 0 unspecified atom stereocenters. The number of hydrogen-bond donors (Lipinski definition) is 2. The van der Waals surface area contributed by atoms with Crippen LogP contribution in [0.3, 0.4) is 0 Å². The number of esters is 3. The van der Waals surface area contributed by atoms with Gasteiger partial charge in [0.2, 0.25) is 0 Å². The molecular formula is C24H32O9. The Morgan fingerprint density at radius 1 is 1.15 bits per heavy atom. The van der Waals surface area contributed by atoms with Gasteiger partial charge in [0.15, 0.2) is 17.3 Å². The van der Waals surface area contributed by atoms with Crippen molar-refractivity contribution >= 4 is 17.9 Å². The van der Waals surface area contributed by atoms with Crippen LogP contribution in [-0.2, 0) is 33.3 Å². The zero-order valence-electron chi connectivity index (χ0n) is 19.6. The molecule has 1 saturated carbocycles. The highest BCUT2D eigenvalue weighted by atomic mass is 16.7. The summed E-state index contributed by atoms with van der Waals surface area (Å²) in [6, 6.07) is 0. The molecule has 2 saturated heterocycles. The second-order valence-corrected chi connectivity index (χ2v) is 10.1. The molecule has 182 valence electrons. The normalized spacial score (nSPS) is 48.3. The van der Waals surface area contributed by atoms with Crippen molar-refractivity contribution in [2.45, 2.75) is 95.6 Å². The Bertz CT molecular complexity index is 940. The molecule has 9 heteroatoms. The van der Waals surface area contributed by atoms with E-state index in [4.69, 9.17) is 18.9 Å². The topological polar surface area (TPSA) is 132 Å². The van der Waals surface area contributed by atoms with Gasteiger partial charge in [-0.2, -0.15) is 0 Å². The molecule has 4 aliphatic rings. The summed E-state index contributed by atoms with van der Waals surface area (Å²) in [5.41, 5.74) is -2.77. The minimum Gasteiger partial charge on any atom is -0.462 e. The van der Waals surface area contributed by atoms with E-state index in [0.29, 0.717) is 18.4 Å². The van der Waals surface area contributed by atoms with E-state index in [1.165, 1.54) is 13.8 Å². The zero-order valence-corrected chi connectivity index (χ0v) is 19.6. The lowest BCUT2D eigenvalue weighted by atomic mass is 9.55. The highest BCUT2D eigenvalue weighted by Crippen LogP contribution is 2.64. The highest BCUT2D eigenvalue weighted by molar-refractivity contribution is 5.89. The molecule has 1 spiro atoms. The van der Waals surface area contributed by atoms with Crippen LogP contribution in [0.25, 0.3) is 0 Å². The summed E-state index contributed by atoms with van der Waals surface area (Å²) in [5, 5.41) is 22.7. The predicted octanol–water partition coefficient (Wildman–Crippen LogP) is 1.35. The maximum atomic E-state index is 12.7. The summed E-state index contributed by atoms with van der Waals surface area (Å²) in [4.78, 5) is 36.8. The van der Waals surface area contributed by atoms with Crippen LogP contribution in [0.2, 0.25) is 0 Å². The third-order valence-electron chi connectivity index (χ3n) is 8.05. The number of epoxide rings is 1. The fourth-order valence-corrected chi connectivity index (χ4v) is 6.21. The van der Waals surface area contributed by atoms with E-state index < -0.39 is 71.0 Å². The standard InChI is InChI=1S/C24H32O9/c1-11-7-8-16(30-13(3)25)22(5)17(31-14(4)26)10-15(27)12(2)19(22)20(28)24-18(9-11)32-21(29)23(24,6)33-24/h9,15-20,27-28H,2,7-8,10H2,1,3-6H3/b11-9-/t15-,16-,17-,18-,19+,20-,22-,23-,24-/m0/s1. The van der Waals surface area contributed by atoms with Crippen molar-refractivity contribution in [1.82, 2.24) is 0 Å². The number of ether oxygens (including phenoxy) is 4. The van der Waals surface area contributed by atoms with E-state index in [0.717, 1.165) is 5.57 Å².